The highest BCUT2D eigenvalue weighted by Crippen LogP contribution is 2.33. The Kier molecular flexibility index (Phi) is 4.01. The summed E-state index contributed by atoms with van der Waals surface area (Å²) in [5.41, 5.74) is 5.78. The van der Waals surface area contributed by atoms with Crippen molar-refractivity contribution < 1.29 is 17.5 Å². The summed E-state index contributed by atoms with van der Waals surface area (Å²) in [6, 6.07) is 8.62. The highest BCUT2D eigenvalue weighted by molar-refractivity contribution is 9.10. The number of anilines is 1. The molecule has 0 atom stereocenters. The van der Waals surface area contributed by atoms with Gasteiger partial charge in [-0.2, -0.15) is 0 Å². The van der Waals surface area contributed by atoms with Gasteiger partial charge in [-0.05, 0) is 40.2 Å². The van der Waals surface area contributed by atoms with E-state index in [2.05, 4.69) is 15.9 Å². The number of benzene rings is 2. The van der Waals surface area contributed by atoms with E-state index in [0.29, 0.717) is 4.47 Å². The fourth-order valence-electron chi connectivity index (χ4n) is 1.60. The van der Waals surface area contributed by atoms with Gasteiger partial charge >= 0.3 is 0 Å². The van der Waals surface area contributed by atoms with Gasteiger partial charge in [-0.25, -0.2) is 12.8 Å². The van der Waals surface area contributed by atoms with E-state index in [9.17, 15) is 12.8 Å². The number of sulfone groups is 1. The van der Waals surface area contributed by atoms with E-state index in [4.69, 9.17) is 10.5 Å². The van der Waals surface area contributed by atoms with Crippen LogP contribution in [0.4, 0.5) is 10.1 Å². The number of para-hydroxylation sites is 1. The zero-order valence-electron chi connectivity index (χ0n) is 10.4. The van der Waals surface area contributed by atoms with Crippen LogP contribution in [-0.4, -0.2) is 14.7 Å². The first-order valence-electron chi connectivity index (χ1n) is 5.50. The summed E-state index contributed by atoms with van der Waals surface area (Å²) in [6.45, 7) is 0. The molecule has 0 bridgehead atoms. The predicted molar refractivity (Wildman–Crippen MR) is 78.1 cm³/mol. The Morgan fingerprint density at radius 1 is 1.25 bits per heavy atom. The van der Waals surface area contributed by atoms with Crippen molar-refractivity contribution in [3.63, 3.8) is 0 Å². The van der Waals surface area contributed by atoms with Gasteiger partial charge in [0.05, 0.1) is 15.1 Å². The van der Waals surface area contributed by atoms with Crippen LogP contribution in [0.3, 0.4) is 0 Å². The minimum atomic E-state index is -3.45. The van der Waals surface area contributed by atoms with E-state index < -0.39 is 15.7 Å². The number of halogens is 2. The molecule has 0 spiro atoms. The molecule has 0 saturated carbocycles. The first-order chi connectivity index (χ1) is 9.29. The van der Waals surface area contributed by atoms with Crippen LogP contribution in [0.25, 0.3) is 0 Å². The Morgan fingerprint density at radius 3 is 2.55 bits per heavy atom. The zero-order valence-corrected chi connectivity index (χ0v) is 12.8. The van der Waals surface area contributed by atoms with Gasteiger partial charge in [0.2, 0.25) is 0 Å². The van der Waals surface area contributed by atoms with Gasteiger partial charge in [0.15, 0.2) is 15.6 Å². The first-order valence-corrected chi connectivity index (χ1v) is 8.19. The monoisotopic (exact) mass is 359 g/mol. The van der Waals surface area contributed by atoms with Crippen LogP contribution < -0.4 is 10.5 Å². The molecule has 4 nitrogen and oxygen atoms in total. The molecular weight excluding hydrogens is 349 g/mol. The molecular formula is C13H11BrFNO3S. The van der Waals surface area contributed by atoms with Crippen molar-refractivity contribution in [1.82, 2.24) is 0 Å². The van der Waals surface area contributed by atoms with Gasteiger partial charge in [0, 0.05) is 12.3 Å². The maximum Gasteiger partial charge on any atom is 0.177 e. The average Bonchev–Trinajstić information content (AvgIpc) is 2.35. The van der Waals surface area contributed by atoms with Gasteiger partial charge in [0.25, 0.3) is 0 Å². The van der Waals surface area contributed by atoms with Crippen LogP contribution in [0.2, 0.25) is 0 Å². The van der Waals surface area contributed by atoms with Crippen molar-refractivity contribution >= 4 is 31.5 Å². The summed E-state index contributed by atoms with van der Waals surface area (Å²) < 4.78 is 42.2. The smallest absolute Gasteiger partial charge is 0.177 e. The molecule has 7 heteroatoms. The molecule has 0 amide bonds. The molecule has 0 saturated heterocycles. The average molecular weight is 360 g/mol. The van der Waals surface area contributed by atoms with Crippen LogP contribution in [0, 0.1) is 5.82 Å². The van der Waals surface area contributed by atoms with E-state index in [1.807, 2.05) is 0 Å². The van der Waals surface area contributed by atoms with Crippen molar-refractivity contribution in [3.8, 4) is 11.5 Å². The summed E-state index contributed by atoms with van der Waals surface area (Å²) in [7, 11) is -3.45. The largest absolute Gasteiger partial charge is 0.455 e. The highest BCUT2D eigenvalue weighted by Gasteiger charge is 2.15. The topological polar surface area (TPSA) is 69.4 Å². The molecule has 0 aliphatic heterocycles. The summed E-state index contributed by atoms with van der Waals surface area (Å²) >= 11 is 3.03. The van der Waals surface area contributed by atoms with Crippen LogP contribution in [0.1, 0.15) is 0 Å². The Labute approximate surface area is 124 Å². The lowest BCUT2D eigenvalue weighted by molar-refractivity contribution is 0.477. The number of rotatable bonds is 3. The molecule has 2 aromatic carbocycles. The van der Waals surface area contributed by atoms with Gasteiger partial charge in [-0.3, -0.25) is 0 Å². The molecule has 0 radical (unpaired) electrons. The quantitative estimate of drug-likeness (QED) is 0.853. The van der Waals surface area contributed by atoms with Crippen LogP contribution in [-0.2, 0) is 9.84 Å². The molecule has 2 N–H and O–H groups in total. The molecule has 0 heterocycles. The fourth-order valence-corrected chi connectivity index (χ4v) is 2.68. The van der Waals surface area contributed by atoms with Crippen molar-refractivity contribution in [2.45, 2.75) is 4.90 Å². The molecule has 106 valence electrons. The normalized spacial score (nSPS) is 11.3. The molecule has 0 unspecified atom stereocenters. The van der Waals surface area contributed by atoms with Gasteiger partial charge in [-0.15, -0.1) is 0 Å². The molecule has 2 aromatic rings. The van der Waals surface area contributed by atoms with Crippen molar-refractivity contribution in [3.05, 3.63) is 46.7 Å². The second-order valence-corrected chi connectivity index (χ2v) is 6.96. The second-order valence-electron chi connectivity index (χ2n) is 4.12. The van der Waals surface area contributed by atoms with Gasteiger partial charge in [-0.1, -0.05) is 6.07 Å². The lowest BCUT2D eigenvalue weighted by atomic mass is 10.3. The van der Waals surface area contributed by atoms with Crippen molar-refractivity contribution in [2.75, 3.05) is 12.0 Å². The third-order valence-corrected chi connectivity index (χ3v) is 4.34. The Hall–Kier alpha value is -1.60. The number of hydrogen-bond acceptors (Lipinski definition) is 4. The summed E-state index contributed by atoms with van der Waals surface area (Å²) in [4.78, 5) is -0.0208. The summed E-state index contributed by atoms with van der Waals surface area (Å²) in [5, 5.41) is 0. The minimum absolute atomic E-state index is 0.00155. The molecule has 0 aliphatic carbocycles. The van der Waals surface area contributed by atoms with E-state index in [0.717, 1.165) is 6.26 Å². The SMILES string of the molecule is CS(=O)(=O)c1cccc(Oc2ccc(Br)c(F)c2)c1N. The number of nitrogens with two attached hydrogens (primary N) is 1. The Balaban J connectivity index is 2.42. The standard InChI is InChI=1S/C13H11BrFNO3S/c1-20(17,18)12-4-2-3-11(13(12)16)19-8-5-6-9(14)10(15)7-8/h2-7H,16H2,1H3. The lowest BCUT2D eigenvalue weighted by Crippen LogP contribution is -2.03. The second kappa shape index (κ2) is 5.41. The Morgan fingerprint density at radius 2 is 1.95 bits per heavy atom. The first kappa shape index (κ1) is 14.8. The third kappa shape index (κ3) is 3.10. The van der Waals surface area contributed by atoms with Crippen molar-refractivity contribution in [2.24, 2.45) is 0 Å². The fraction of sp³-hybridized carbons (Fsp3) is 0.0769. The maximum absolute atomic E-state index is 13.4. The number of hydrogen-bond donors (Lipinski definition) is 1. The third-order valence-electron chi connectivity index (χ3n) is 2.54. The highest BCUT2D eigenvalue weighted by atomic mass is 79.9. The minimum Gasteiger partial charge on any atom is -0.455 e. The van der Waals surface area contributed by atoms with E-state index in [1.54, 1.807) is 6.07 Å². The Bertz CT molecular complexity index is 762. The van der Waals surface area contributed by atoms with E-state index in [-0.39, 0.29) is 22.1 Å². The van der Waals surface area contributed by atoms with Crippen LogP contribution in [0.5, 0.6) is 11.5 Å². The molecule has 2 rings (SSSR count). The van der Waals surface area contributed by atoms with E-state index >= 15 is 0 Å². The van der Waals surface area contributed by atoms with Crippen molar-refractivity contribution in [1.29, 1.82) is 0 Å². The lowest BCUT2D eigenvalue weighted by Gasteiger charge is -2.11. The van der Waals surface area contributed by atoms with E-state index in [1.165, 1.54) is 30.3 Å². The van der Waals surface area contributed by atoms with Crippen LogP contribution in [0.15, 0.2) is 45.8 Å². The molecule has 0 aliphatic rings. The zero-order chi connectivity index (χ0) is 14.9. The number of ether oxygens (including phenoxy) is 1. The number of nitrogen functional groups attached to an aromatic ring is 1. The summed E-state index contributed by atoms with van der Waals surface area (Å²) in [5.74, 6) is -0.0990. The molecule has 0 fully saturated rings. The summed E-state index contributed by atoms with van der Waals surface area (Å²) in [6.07, 6.45) is 1.06. The molecule has 0 aromatic heterocycles. The van der Waals surface area contributed by atoms with Gasteiger partial charge in [0.1, 0.15) is 11.6 Å². The predicted octanol–water partition coefficient (Wildman–Crippen LogP) is 3.37. The maximum atomic E-state index is 13.4. The van der Waals surface area contributed by atoms with Gasteiger partial charge < -0.3 is 10.5 Å². The molecule has 20 heavy (non-hydrogen) atoms. The van der Waals surface area contributed by atoms with Crippen LogP contribution >= 0.6 is 15.9 Å².